The predicted molar refractivity (Wildman–Crippen MR) is 81.5 cm³/mol. The number of hydrogen-bond donors (Lipinski definition) is 5. The van der Waals surface area contributed by atoms with Crippen LogP contribution in [-0.2, 0) is 16.0 Å². The molecular weight excluding hydrogens is 288 g/mol. The van der Waals surface area contributed by atoms with Gasteiger partial charge in [0, 0.05) is 24.2 Å². The number of carboxylic acid groups (broad SMARTS) is 2. The van der Waals surface area contributed by atoms with Crippen LogP contribution in [0.2, 0.25) is 0 Å². The molecule has 0 amide bonds. The Morgan fingerprint density at radius 2 is 1.82 bits per heavy atom. The van der Waals surface area contributed by atoms with Crippen LogP contribution in [0.4, 0.5) is 0 Å². The maximum absolute atomic E-state index is 11.3. The van der Waals surface area contributed by atoms with Crippen molar-refractivity contribution in [3.05, 3.63) is 36.0 Å². The second kappa shape index (κ2) is 8.16. The van der Waals surface area contributed by atoms with Crippen LogP contribution in [0.25, 0.3) is 10.9 Å². The highest BCUT2D eigenvalue weighted by Crippen LogP contribution is 2.22. The summed E-state index contributed by atoms with van der Waals surface area (Å²) in [5, 5.41) is 25.9. The van der Waals surface area contributed by atoms with Crippen LogP contribution < -0.4 is 5.73 Å². The van der Waals surface area contributed by atoms with Gasteiger partial charge >= 0.3 is 11.9 Å². The molecule has 0 aliphatic rings. The molecule has 0 fully saturated rings. The fraction of sp³-hybridized carbons (Fsp3) is 0.333. The first kappa shape index (κ1) is 17.7. The molecule has 0 radical (unpaired) electrons. The summed E-state index contributed by atoms with van der Waals surface area (Å²) in [7, 11) is 1.00. The number of benzene rings is 1. The molecule has 0 aliphatic carbocycles. The number of hydrogen-bond acceptors (Lipinski definition) is 4. The van der Waals surface area contributed by atoms with Gasteiger partial charge in [-0.15, -0.1) is 0 Å². The van der Waals surface area contributed by atoms with Crippen molar-refractivity contribution in [2.45, 2.75) is 18.9 Å². The monoisotopic (exact) mass is 308 g/mol. The van der Waals surface area contributed by atoms with E-state index >= 15 is 0 Å². The molecule has 7 nitrogen and oxygen atoms in total. The zero-order chi connectivity index (χ0) is 16.7. The molecule has 0 spiro atoms. The Bertz CT molecular complexity index is 638. The minimum Gasteiger partial charge on any atom is -0.481 e. The Kier molecular flexibility index (Phi) is 6.55. The molecule has 6 N–H and O–H groups in total. The number of aliphatic carboxylic acids is 2. The van der Waals surface area contributed by atoms with Crippen molar-refractivity contribution >= 4 is 22.8 Å². The first-order chi connectivity index (χ1) is 10.5. The fourth-order valence-electron chi connectivity index (χ4n) is 2.24. The number of nitrogens with one attached hydrogen (secondary N) is 1. The molecule has 120 valence electrons. The zero-order valence-corrected chi connectivity index (χ0v) is 12.2. The van der Waals surface area contributed by atoms with E-state index in [1.54, 1.807) is 6.20 Å². The molecule has 0 saturated carbocycles. The van der Waals surface area contributed by atoms with Crippen LogP contribution in [0.3, 0.4) is 0 Å². The Labute approximate surface area is 127 Å². The van der Waals surface area contributed by atoms with Gasteiger partial charge in [0.2, 0.25) is 0 Å². The van der Waals surface area contributed by atoms with Crippen LogP contribution in [0, 0.1) is 5.92 Å². The molecule has 1 heterocycles. The predicted octanol–water partition coefficient (Wildman–Crippen LogP) is 0.822. The molecule has 22 heavy (non-hydrogen) atoms. The van der Waals surface area contributed by atoms with E-state index in [4.69, 9.17) is 15.9 Å². The highest BCUT2D eigenvalue weighted by molar-refractivity contribution is 5.84. The molecule has 0 aliphatic heterocycles. The molecule has 1 aromatic heterocycles. The molecule has 1 aromatic carbocycles. The highest BCUT2D eigenvalue weighted by atomic mass is 16.4. The fourth-order valence-corrected chi connectivity index (χ4v) is 2.24. The van der Waals surface area contributed by atoms with E-state index in [0.717, 1.165) is 23.6 Å². The second-order valence-corrected chi connectivity index (χ2v) is 4.78. The highest BCUT2D eigenvalue weighted by Gasteiger charge is 2.25. The summed E-state index contributed by atoms with van der Waals surface area (Å²) in [4.78, 5) is 25.1. The van der Waals surface area contributed by atoms with Gasteiger partial charge in [-0.1, -0.05) is 18.2 Å². The third-order valence-electron chi connectivity index (χ3n) is 3.35. The van der Waals surface area contributed by atoms with Crippen LogP contribution in [0.5, 0.6) is 0 Å². The van der Waals surface area contributed by atoms with Gasteiger partial charge in [0.25, 0.3) is 0 Å². The second-order valence-electron chi connectivity index (χ2n) is 4.78. The number of fused-ring (bicyclic) bond motifs is 1. The normalized spacial score (nSPS) is 13.0. The lowest BCUT2D eigenvalue weighted by atomic mass is 9.93. The Morgan fingerprint density at radius 1 is 1.18 bits per heavy atom. The summed E-state index contributed by atoms with van der Waals surface area (Å²) in [6.45, 7) is 0. The maximum atomic E-state index is 11.3. The molecule has 0 unspecified atom stereocenters. The van der Waals surface area contributed by atoms with Gasteiger partial charge < -0.3 is 26.0 Å². The van der Waals surface area contributed by atoms with Gasteiger partial charge in [-0.3, -0.25) is 9.59 Å². The number of nitrogens with two attached hydrogens (primary N) is 1. The number of H-pyrrole nitrogens is 1. The quantitative estimate of drug-likeness (QED) is 0.536. The summed E-state index contributed by atoms with van der Waals surface area (Å²) in [6.07, 6.45) is 1.91. The van der Waals surface area contributed by atoms with Crippen LogP contribution in [-0.4, -0.2) is 45.4 Å². The van der Waals surface area contributed by atoms with E-state index in [9.17, 15) is 14.7 Å². The van der Waals surface area contributed by atoms with Crippen molar-refractivity contribution < 1.29 is 24.9 Å². The van der Waals surface area contributed by atoms with Gasteiger partial charge in [0.1, 0.15) is 6.04 Å². The minimum atomic E-state index is -1.19. The largest absolute Gasteiger partial charge is 0.481 e. The summed E-state index contributed by atoms with van der Waals surface area (Å²) in [6, 6.07) is 6.39. The van der Waals surface area contributed by atoms with Crippen LogP contribution in [0.1, 0.15) is 12.0 Å². The SMILES string of the molecule is CO.N[C@H](C[C@H](Cc1c[nH]c2ccccc12)C(=O)O)C(=O)O. The van der Waals surface area contributed by atoms with E-state index in [-0.39, 0.29) is 12.8 Å². The van der Waals surface area contributed by atoms with Gasteiger partial charge in [-0.2, -0.15) is 0 Å². The first-order valence-corrected chi connectivity index (χ1v) is 6.70. The van der Waals surface area contributed by atoms with E-state index in [2.05, 4.69) is 4.98 Å². The summed E-state index contributed by atoms with van der Waals surface area (Å²) in [5.74, 6) is -3.04. The van der Waals surface area contributed by atoms with Crippen molar-refractivity contribution in [3.63, 3.8) is 0 Å². The molecule has 0 saturated heterocycles. The van der Waals surface area contributed by atoms with Gasteiger partial charge in [-0.05, 0) is 24.5 Å². The lowest BCUT2D eigenvalue weighted by molar-refractivity contribution is -0.143. The Morgan fingerprint density at radius 3 is 2.41 bits per heavy atom. The lowest BCUT2D eigenvalue weighted by Gasteiger charge is -2.14. The number of aliphatic hydroxyl groups excluding tert-OH is 1. The number of para-hydroxylation sites is 1. The average molecular weight is 308 g/mol. The van der Waals surface area contributed by atoms with Crippen molar-refractivity contribution in [2.75, 3.05) is 7.11 Å². The maximum Gasteiger partial charge on any atom is 0.320 e. The van der Waals surface area contributed by atoms with E-state index in [0.29, 0.717) is 0 Å². The summed E-state index contributed by atoms with van der Waals surface area (Å²) >= 11 is 0. The van der Waals surface area contributed by atoms with Gasteiger partial charge in [0.05, 0.1) is 5.92 Å². The van der Waals surface area contributed by atoms with Gasteiger partial charge in [-0.25, -0.2) is 0 Å². The van der Waals surface area contributed by atoms with Crippen molar-refractivity contribution in [1.29, 1.82) is 0 Å². The molecule has 7 heteroatoms. The molecule has 0 bridgehead atoms. The van der Waals surface area contributed by atoms with Crippen molar-refractivity contribution in [2.24, 2.45) is 11.7 Å². The third-order valence-corrected chi connectivity index (χ3v) is 3.35. The number of aliphatic hydroxyl groups is 1. The molecule has 2 aromatic rings. The van der Waals surface area contributed by atoms with Crippen LogP contribution >= 0.6 is 0 Å². The topological polar surface area (TPSA) is 137 Å². The van der Waals surface area contributed by atoms with E-state index in [1.807, 2.05) is 24.3 Å². The van der Waals surface area contributed by atoms with Gasteiger partial charge in [0.15, 0.2) is 0 Å². The Hall–Kier alpha value is -2.38. The summed E-state index contributed by atoms with van der Waals surface area (Å²) in [5.41, 5.74) is 7.20. The number of aromatic amines is 1. The van der Waals surface area contributed by atoms with E-state index in [1.165, 1.54) is 0 Å². The van der Waals surface area contributed by atoms with Crippen LogP contribution in [0.15, 0.2) is 30.5 Å². The molecule has 2 atom stereocenters. The summed E-state index contributed by atoms with van der Waals surface area (Å²) < 4.78 is 0. The van der Waals surface area contributed by atoms with Crippen molar-refractivity contribution in [3.8, 4) is 0 Å². The number of aromatic nitrogens is 1. The Balaban J connectivity index is 0.00000116. The lowest BCUT2D eigenvalue weighted by Crippen LogP contribution is -2.35. The number of rotatable bonds is 6. The number of carboxylic acids is 2. The first-order valence-electron chi connectivity index (χ1n) is 6.70. The van der Waals surface area contributed by atoms with E-state index < -0.39 is 23.9 Å². The average Bonchev–Trinajstić information content (AvgIpc) is 2.91. The zero-order valence-electron chi connectivity index (χ0n) is 12.2. The minimum absolute atomic E-state index is 0.0931. The molecular formula is C15H20N2O5. The third kappa shape index (κ3) is 4.31. The standard InChI is InChI=1S/C14H16N2O4.CH4O/c15-11(14(19)20)6-8(13(17)18)5-9-7-16-12-4-2-1-3-10(9)12;1-2/h1-4,7-8,11,16H,5-6,15H2,(H,17,18)(H,19,20);2H,1H3/t8-,11+;/m0./s1. The number of carbonyl (C=O) groups is 2. The molecule has 2 rings (SSSR count). The van der Waals surface area contributed by atoms with Crippen molar-refractivity contribution in [1.82, 2.24) is 4.98 Å². The smallest absolute Gasteiger partial charge is 0.320 e.